The number of ether oxygens (including phenoxy) is 1. The molecule has 0 aliphatic carbocycles. The first-order valence-electron chi connectivity index (χ1n) is 8.00. The van der Waals surface area contributed by atoms with Crippen LogP contribution in [0.15, 0.2) is 47.8 Å². The van der Waals surface area contributed by atoms with Crippen molar-refractivity contribution < 1.29 is 14.3 Å². The third-order valence-electron chi connectivity index (χ3n) is 3.68. The Morgan fingerprint density at radius 1 is 1.30 bits per heavy atom. The minimum absolute atomic E-state index is 0.00996. The fourth-order valence-corrected chi connectivity index (χ4v) is 3.11. The summed E-state index contributed by atoms with van der Waals surface area (Å²) in [7, 11) is 0. The Hall–Kier alpha value is -3.57. The first-order valence-corrected chi connectivity index (χ1v) is 8.88. The summed E-state index contributed by atoms with van der Waals surface area (Å²) in [6, 6.07) is 13.2. The number of hydrogen-bond acceptors (Lipinski definition) is 7. The molecule has 0 amide bonds. The van der Waals surface area contributed by atoms with Crippen molar-refractivity contribution in [3.63, 3.8) is 0 Å². The fraction of sp³-hybridized carbons (Fsp3) is 0.105. The van der Waals surface area contributed by atoms with Gasteiger partial charge in [0.05, 0.1) is 22.7 Å². The summed E-state index contributed by atoms with van der Waals surface area (Å²) >= 11 is 1.25. The van der Waals surface area contributed by atoms with Gasteiger partial charge in [-0.05, 0) is 36.6 Å². The molecule has 0 radical (unpaired) electrons. The largest absolute Gasteiger partial charge is 0.462 e. The molecule has 2 heterocycles. The highest BCUT2D eigenvalue weighted by atomic mass is 32.1. The van der Waals surface area contributed by atoms with Crippen molar-refractivity contribution in [2.24, 2.45) is 0 Å². The van der Waals surface area contributed by atoms with Crippen molar-refractivity contribution in [1.82, 2.24) is 9.78 Å². The fourth-order valence-electron chi connectivity index (χ4n) is 2.44. The van der Waals surface area contributed by atoms with Gasteiger partial charge in [-0.25, -0.2) is 9.48 Å². The maximum atomic E-state index is 12.7. The predicted molar refractivity (Wildman–Crippen MR) is 97.8 cm³/mol. The average molecular weight is 378 g/mol. The minimum Gasteiger partial charge on any atom is -0.462 e. The van der Waals surface area contributed by atoms with Gasteiger partial charge in [0.25, 0.3) is 0 Å². The average Bonchev–Trinajstić information content (AvgIpc) is 3.22. The molecule has 0 atom stereocenters. The lowest BCUT2D eigenvalue weighted by Crippen LogP contribution is -2.31. The van der Waals surface area contributed by atoms with E-state index in [-0.39, 0.29) is 34.7 Å². The molecule has 0 bridgehead atoms. The molecular weight excluding hydrogens is 364 g/mol. The molecule has 0 spiro atoms. The monoisotopic (exact) mass is 378 g/mol. The van der Waals surface area contributed by atoms with Crippen molar-refractivity contribution >= 4 is 23.1 Å². The van der Waals surface area contributed by atoms with Crippen LogP contribution in [-0.2, 0) is 4.74 Å². The number of nitriles is 1. The SMILES string of the molecule is CCOC(=O)c1cc(C(=O)c2cccs2)nn(-c2ccccc2C#N)c1=N. The number of carbonyl (C=O) groups is 2. The molecule has 0 aliphatic heterocycles. The van der Waals surface area contributed by atoms with Crippen LogP contribution in [0.5, 0.6) is 0 Å². The number of esters is 1. The summed E-state index contributed by atoms with van der Waals surface area (Å²) in [5, 5.41) is 23.7. The quantitative estimate of drug-likeness (QED) is 0.542. The van der Waals surface area contributed by atoms with Crippen molar-refractivity contribution in [3.8, 4) is 11.8 Å². The number of benzene rings is 1. The molecule has 1 aromatic carbocycles. The molecule has 7 nitrogen and oxygen atoms in total. The van der Waals surface area contributed by atoms with Crippen molar-refractivity contribution in [3.05, 3.63) is 75.0 Å². The Kier molecular flexibility index (Phi) is 5.24. The molecule has 134 valence electrons. The lowest BCUT2D eigenvalue weighted by Gasteiger charge is -2.12. The summed E-state index contributed by atoms with van der Waals surface area (Å²) < 4.78 is 6.12. The number of para-hydroxylation sites is 1. The van der Waals surface area contributed by atoms with Gasteiger partial charge >= 0.3 is 5.97 Å². The number of aromatic nitrogens is 2. The second-order valence-electron chi connectivity index (χ2n) is 5.36. The summed E-state index contributed by atoms with van der Waals surface area (Å²) in [5.41, 5.74) is 0.193. The van der Waals surface area contributed by atoms with E-state index >= 15 is 0 Å². The smallest absolute Gasteiger partial charge is 0.342 e. The number of carbonyl (C=O) groups excluding carboxylic acids is 2. The van der Waals surface area contributed by atoms with E-state index in [1.54, 1.807) is 48.7 Å². The first-order chi connectivity index (χ1) is 13.1. The molecule has 1 N–H and O–H groups in total. The molecule has 8 heteroatoms. The van der Waals surface area contributed by atoms with Gasteiger partial charge < -0.3 is 4.74 Å². The van der Waals surface area contributed by atoms with Crippen LogP contribution in [0.3, 0.4) is 0 Å². The second kappa shape index (κ2) is 7.76. The molecule has 0 unspecified atom stereocenters. The standard InChI is InChI=1S/C19H14N4O3S/c1-2-26-19(25)13-10-14(17(24)16-8-5-9-27-16)22-23(18(13)21)15-7-4-3-6-12(15)11-20/h3-10,21H,2H2,1H3. The van der Waals surface area contributed by atoms with Crippen LogP contribution in [0.4, 0.5) is 0 Å². The summed E-state index contributed by atoms with van der Waals surface area (Å²) in [4.78, 5) is 25.5. The molecule has 0 saturated carbocycles. The van der Waals surface area contributed by atoms with E-state index in [0.717, 1.165) is 4.68 Å². The number of nitrogens with one attached hydrogen (secondary N) is 1. The van der Waals surface area contributed by atoms with Crippen molar-refractivity contribution in [2.75, 3.05) is 6.61 Å². The molecule has 3 rings (SSSR count). The van der Waals surface area contributed by atoms with Crippen LogP contribution >= 0.6 is 11.3 Å². The van der Waals surface area contributed by atoms with Gasteiger partial charge in [-0.15, -0.1) is 11.3 Å². The highest BCUT2D eigenvalue weighted by molar-refractivity contribution is 7.12. The van der Waals surface area contributed by atoms with Gasteiger partial charge in [0.15, 0.2) is 5.49 Å². The lowest BCUT2D eigenvalue weighted by molar-refractivity contribution is 0.0522. The minimum atomic E-state index is -0.728. The zero-order chi connectivity index (χ0) is 19.4. The Morgan fingerprint density at radius 2 is 2.07 bits per heavy atom. The van der Waals surface area contributed by atoms with Crippen LogP contribution < -0.4 is 5.49 Å². The first kappa shape index (κ1) is 18.2. The Balaban J connectivity index is 2.26. The van der Waals surface area contributed by atoms with Crippen LogP contribution in [0.2, 0.25) is 0 Å². The predicted octanol–water partition coefficient (Wildman–Crippen LogP) is 2.69. The van der Waals surface area contributed by atoms with E-state index in [1.807, 2.05) is 6.07 Å². The van der Waals surface area contributed by atoms with E-state index in [1.165, 1.54) is 17.4 Å². The molecule has 0 fully saturated rings. The van der Waals surface area contributed by atoms with Gasteiger partial charge in [0, 0.05) is 0 Å². The van der Waals surface area contributed by atoms with E-state index in [0.29, 0.717) is 10.6 Å². The molecule has 0 saturated heterocycles. The number of thiophene rings is 1. The van der Waals surface area contributed by atoms with Crippen LogP contribution in [0.1, 0.15) is 38.2 Å². The van der Waals surface area contributed by atoms with Crippen LogP contribution in [-0.4, -0.2) is 28.1 Å². The molecule has 3 aromatic rings. The van der Waals surface area contributed by atoms with Crippen molar-refractivity contribution in [2.45, 2.75) is 6.92 Å². The summed E-state index contributed by atoms with van der Waals surface area (Å²) in [5.74, 6) is -1.10. The molecule has 0 aliphatic rings. The Labute approximate surface area is 158 Å². The number of nitrogens with zero attached hydrogens (tertiary/aromatic N) is 3. The van der Waals surface area contributed by atoms with E-state index in [2.05, 4.69) is 5.10 Å². The zero-order valence-corrected chi connectivity index (χ0v) is 15.1. The van der Waals surface area contributed by atoms with Crippen LogP contribution in [0, 0.1) is 16.7 Å². The molecule has 2 aromatic heterocycles. The third kappa shape index (κ3) is 3.54. The highest BCUT2D eigenvalue weighted by Gasteiger charge is 2.21. The van der Waals surface area contributed by atoms with E-state index in [9.17, 15) is 14.9 Å². The zero-order valence-electron chi connectivity index (χ0n) is 14.3. The highest BCUT2D eigenvalue weighted by Crippen LogP contribution is 2.16. The summed E-state index contributed by atoms with van der Waals surface area (Å²) in [6.45, 7) is 1.78. The molecule has 27 heavy (non-hydrogen) atoms. The van der Waals surface area contributed by atoms with Gasteiger partial charge in [-0.2, -0.15) is 10.4 Å². The van der Waals surface area contributed by atoms with E-state index in [4.69, 9.17) is 10.1 Å². The number of hydrogen-bond donors (Lipinski definition) is 1. The summed E-state index contributed by atoms with van der Waals surface area (Å²) in [6.07, 6.45) is 0. The Bertz CT molecular complexity index is 1110. The van der Waals surface area contributed by atoms with Gasteiger partial charge in [-0.1, -0.05) is 18.2 Å². The normalized spacial score (nSPS) is 10.2. The maximum Gasteiger partial charge on any atom is 0.342 e. The number of ketones is 1. The molecular formula is C19H14N4O3S. The van der Waals surface area contributed by atoms with E-state index < -0.39 is 5.97 Å². The Morgan fingerprint density at radius 3 is 2.74 bits per heavy atom. The number of rotatable bonds is 5. The topological polar surface area (TPSA) is 109 Å². The maximum absolute atomic E-state index is 12.7. The van der Waals surface area contributed by atoms with Gasteiger partial charge in [0.2, 0.25) is 5.78 Å². The lowest BCUT2D eigenvalue weighted by atomic mass is 10.1. The van der Waals surface area contributed by atoms with Crippen LogP contribution in [0.25, 0.3) is 5.69 Å². The second-order valence-corrected chi connectivity index (χ2v) is 6.31. The van der Waals surface area contributed by atoms with Gasteiger partial charge in [0.1, 0.15) is 17.3 Å². The van der Waals surface area contributed by atoms with Gasteiger partial charge in [-0.3, -0.25) is 10.2 Å². The van der Waals surface area contributed by atoms with Crippen molar-refractivity contribution in [1.29, 1.82) is 10.7 Å². The third-order valence-corrected chi connectivity index (χ3v) is 4.55.